The zero-order valence-corrected chi connectivity index (χ0v) is 10.5. The highest BCUT2D eigenvalue weighted by atomic mass is 16.5. The third-order valence-corrected chi connectivity index (χ3v) is 3.33. The van der Waals surface area contributed by atoms with Gasteiger partial charge in [-0.2, -0.15) is 0 Å². The van der Waals surface area contributed by atoms with Crippen LogP contribution in [0.4, 0.5) is 0 Å². The average Bonchev–Trinajstić information content (AvgIpc) is 2.77. The van der Waals surface area contributed by atoms with Crippen LogP contribution in [0, 0.1) is 0 Å². The molecule has 0 amide bonds. The lowest BCUT2D eigenvalue weighted by Gasteiger charge is -2.15. The molecular formula is C14H19NO2. The van der Waals surface area contributed by atoms with Crippen molar-refractivity contribution in [3.8, 4) is 0 Å². The summed E-state index contributed by atoms with van der Waals surface area (Å²) in [5.74, 6) is 0.122. The number of methoxy groups -OCH3 is 1. The number of ketones is 1. The van der Waals surface area contributed by atoms with Gasteiger partial charge in [-0.15, -0.1) is 0 Å². The van der Waals surface area contributed by atoms with Gasteiger partial charge in [-0.1, -0.05) is 24.3 Å². The van der Waals surface area contributed by atoms with Crippen LogP contribution >= 0.6 is 0 Å². The number of likely N-dealkylation sites (tertiary alicyclic amines) is 1. The molecule has 0 radical (unpaired) electrons. The van der Waals surface area contributed by atoms with Crippen LogP contribution < -0.4 is 0 Å². The second kappa shape index (κ2) is 5.43. The fourth-order valence-electron chi connectivity index (χ4n) is 2.24. The Morgan fingerprint density at radius 2 is 2.12 bits per heavy atom. The molecule has 1 aliphatic heterocycles. The molecule has 2 rings (SSSR count). The summed E-state index contributed by atoms with van der Waals surface area (Å²) in [6.45, 7) is 4.63. The lowest BCUT2D eigenvalue weighted by molar-refractivity contribution is 0.101. The van der Waals surface area contributed by atoms with Gasteiger partial charge >= 0.3 is 0 Å². The minimum atomic E-state index is 0.122. The van der Waals surface area contributed by atoms with Gasteiger partial charge in [-0.3, -0.25) is 9.69 Å². The third kappa shape index (κ3) is 3.14. The summed E-state index contributed by atoms with van der Waals surface area (Å²) in [6.07, 6.45) is 1.49. The molecule has 0 aliphatic carbocycles. The highest BCUT2D eigenvalue weighted by Crippen LogP contribution is 2.15. The maximum Gasteiger partial charge on any atom is 0.159 e. The number of ether oxygens (including phenoxy) is 1. The quantitative estimate of drug-likeness (QED) is 0.746. The fourth-order valence-corrected chi connectivity index (χ4v) is 2.24. The number of Topliss-reactive ketones (excluding diaryl/α,β-unsaturated/α-hetero) is 1. The zero-order chi connectivity index (χ0) is 12.3. The highest BCUT2D eigenvalue weighted by molar-refractivity contribution is 5.93. The van der Waals surface area contributed by atoms with Crippen molar-refractivity contribution in [1.82, 2.24) is 4.90 Å². The summed E-state index contributed by atoms with van der Waals surface area (Å²) in [6, 6.07) is 7.89. The SMILES string of the molecule is COC1CCN(Cc2ccc(C(C)=O)cc2)C1. The van der Waals surface area contributed by atoms with Gasteiger partial charge < -0.3 is 4.74 Å². The van der Waals surface area contributed by atoms with E-state index >= 15 is 0 Å². The zero-order valence-electron chi connectivity index (χ0n) is 10.5. The molecule has 3 heteroatoms. The van der Waals surface area contributed by atoms with Gasteiger partial charge in [0.15, 0.2) is 5.78 Å². The Labute approximate surface area is 102 Å². The van der Waals surface area contributed by atoms with Gasteiger partial charge in [0.2, 0.25) is 0 Å². The molecule has 1 aliphatic rings. The van der Waals surface area contributed by atoms with E-state index in [-0.39, 0.29) is 5.78 Å². The minimum Gasteiger partial charge on any atom is -0.380 e. The van der Waals surface area contributed by atoms with Crippen molar-refractivity contribution in [3.63, 3.8) is 0 Å². The van der Waals surface area contributed by atoms with Crippen molar-refractivity contribution in [3.05, 3.63) is 35.4 Å². The Balaban J connectivity index is 1.93. The smallest absolute Gasteiger partial charge is 0.159 e. The Hall–Kier alpha value is -1.19. The van der Waals surface area contributed by atoms with E-state index in [1.807, 2.05) is 24.3 Å². The van der Waals surface area contributed by atoms with Gasteiger partial charge in [0.25, 0.3) is 0 Å². The van der Waals surface area contributed by atoms with E-state index in [0.717, 1.165) is 31.6 Å². The van der Waals surface area contributed by atoms with Crippen LogP contribution in [0.1, 0.15) is 29.3 Å². The number of benzene rings is 1. The first-order valence-corrected chi connectivity index (χ1v) is 6.04. The Morgan fingerprint density at radius 3 is 2.65 bits per heavy atom. The first-order chi connectivity index (χ1) is 8.19. The van der Waals surface area contributed by atoms with E-state index in [0.29, 0.717) is 6.10 Å². The Bertz CT molecular complexity index is 386. The molecule has 17 heavy (non-hydrogen) atoms. The standard InChI is InChI=1S/C14H19NO2/c1-11(16)13-5-3-12(4-6-13)9-15-8-7-14(10-15)17-2/h3-6,14H,7-10H2,1-2H3. The summed E-state index contributed by atoms with van der Waals surface area (Å²) in [5.41, 5.74) is 2.04. The summed E-state index contributed by atoms with van der Waals surface area (Å²) >= 11 is 0. The summed E-state index contributed by atoms with van der Waals surface area (Å²) in [4.78, 5) is 13.5. The molecule has 0 spiro atoms. The second-order valence-corrected chi connectivity index (χ2v) is 4.63. The first-order valence-electron chi connectivity index (χ1n) is 6.04. The summed E-state index contributed by atoms with van der Waals surface area (Å²) in [5, 5.41) is 0. The third-order valence-electron chi connectivity index (χ3n) is 3.33. The summed E-state index contributed by atoms with van der Waals surface area (Å²) in [7, 11) is 1.77. The molecule has 1 heterocycles. The van der Waals surface area contributed by atoms with Gasteiger partial charge in [0.05, 0.1) is 6.10 Å². The maximum atomic E-state index is 11.2. The average molecular weight is 233 g/mol. The van der Waals surface area contributed by atoms with E-state index in [2.05, 4.69) is 4.90 Å². The van der Waals surface area contributed by atoms with Crippen LogP contribution in [-0.4, -0.2) is 37.0 Å². The maximum absolute atomic E-state index is 11.2. The lowest BCUT2D eigenvalue weighted by atomic mass is 10.1. The van der Waals surface area contributed by atoms with E-state index in [1.165, 1.54) is 5.56 Å². The first kappa shape index (κ1) is 12.3. The molecule has 0 saturated carbocycles. The number of carbonyl (C=O) groups excluding carboxylic acids is 1. The molecule has 3 nitrogen and oxygen atoms in total. The lowest BCUT2D eigenvalue weighted by Crippen LogP contribution is -2.22. The molecule has 1 atom stereocenters. The minimum absolute atomic E-state index is 0.122. The molecule has 0 aromatic heterocycles. The van der Waals surface area contributed by atoms with E-state index < -0.39 is 0 Å². The van der Waals surface area contributed by atoms with Gasteiger partial charge in [0, 0.05) is 32.3 Å². The van der Waals surface area contributed by atoms with Crippen molar-refractivity contribution in [2.24, 2.45) is 0 Å². The molecule has 0 N–H and O–H groups in total. The molecule has 1 aromatic rings. The number of hydrogen-bond acceptors (Lipinski definition) is 3. The van der Waals surface area contributed by atoms with Crippen LogP contribution in [0.5, 0.6) is 0 Å². The van der Waals surface area contributed by atoms with E-state index in [1.54, 1.807) is 14.0 Å². The summed E-state index contributed by atoms with van der Waals surface area (Å²) < 4.78 is 5.34. The van der Waals surface area contributed by atoms with Crippen molar-refractivity contribution in [2.45, 2.75) is 26.0 Å². The van der Waals surface area contributed by atoms with Crippen LogP contribution in [0.3, 0.4) is 0 Å². The topological polar surface area (TPSA) is 29.5 Å². The molecule has 1 aromatic carbocycles. The molecular weight excluding hydrogens is 214 g/mol. The predicted octanol–water partition coefficient (Wildman–Crippen LogP) is 2.11. The second-order valence-electron chi connectivity index (χ2n) is 4.63. The molecule has 1 saturated heterocycles. The monoisotopic (exact) mass is 233 g/mol. The van der Waals surface area contributed by atoms with Crippen molar-refractivity contribution >= 4 is 5.78 Å². The number of nitrogens with zero attached hydrogens (tertiary/aromatic N) is 1. The molecule has 0 bridgehead atoms. The van der Waals surface area contributed by atoms with Crippen LogP contribution in [-0.2, 0) is 11.3 Å². The van der Waals surface area contributed by atoms with Gasteiger partial charge in [0.1, 0.15) is 0 Å². The van der Waals surface area contributed by atoms with Crippen molar-refractivity contribution < 1.29 is 9.53 Å². The highest BCUT2D eigenvalue weighted by Gasteiger charge is 2.21. The van der Waals surface area contributed by atoms with Crippen LogP contribution in [0.25, 0.3) is 0 Å². The largest absolute Gasteiger partial charge is 0.380 e. The fraction of sp³-hybridized carbons (Fsp3) is 0.500. The number of rotatable bonds is 4. The molecule has 92 valence electrons. The number of hydrogen-bond donors (Lipinski definition) is 0. The number of carbonyl (C=O) groups is 1. The van der Waals surface area contributed by atoms with Crippen molar-refractivity contribution in [2.75, 3.05) is 20.2 Å². The van der Waals surface area contributed by atoms with E-state index in [4.69, 9.17) is 4.74 Å². The molecule has 1 fully saturated rings. The normalized spacial score (nSPS) is 20.7. The van der Waals surface area contributed by atoms with Gasteiger partial charge in [-0.25, -0.2) is 0 Å². The van der Waals surface area contributed by atoms with Crippen LogP contribution in [0.15, 0.2) is 24.3 Å². The Morgan fingerprint density at radius 1 is 1.41 bits per heavy atom. The molecule has 1 unspecified atom stereocenters. The van der Waals surface area contributed by atoms with E-state index in [9.17, 15) is 4.79 Å². The predicted molar refractivity (Wildman–Crippen MR) is 67.1 cm³/mol. The Kier molecular flexibility index (Phi) is 3.92. The van der Waals surface area contributed by atoms with Crippen molar-refractivity contribution in [1.29, 1.82) is 0 Å². The van der Waals surface area contributed by atoms with Crippen LogP contribution in [0.2, 0.25) is 0 Å². The van der Waals surface area contributed by atoms with Gasteiger partial charge in [-0.05, 0) is 18.9 Å².